The van der Waals surface area contributed by atoms with Crippen LogP contribution < -0.4 is 5.32 Å². The summed E-state index contributed by atoms with van der Waals surface area (Å²) in [4.78, 5) is 0. The summed E-state index contributed by atoms with van der Waals surface area (Å²) in [7, 11) is 0. The number of benzene rings is 1. The van der Waals surface area contributed by atoms with Gasteiger partial charge in [-0.2, -0.15) is 0 Å². The summed E-state index contributed by atoms with van der Waals surface area (Å²) in [6.07, 6.45) is 2.15. The first-order valence-corrected chi connectivity index (χ1v) is 5.31. The molecule has 2 rings (SSSR count). The molecular formula is C11H13ClFN. The second-order valence-electron chi connectivity index (χ2n) is 3.71. The molecule has 0 aromatic heterocycles. The average molecular weight is 214 g/mol. The summed E-state index contributed by atoms with van der Waals surface area (Å²) in [5.74, 6) is 0.144. The van der Waals surface area contributed by atoms with Crippen LogP contribution in [0.4, 0.5) is 4.39 Å². The minimum absolute atomic E-state index is 0.136. The molecule has 1 aliphatic heterocycles. The number of rotatable bonds is 1. The minimum Gasteiger partial charge on any atom is -0.316 e. The highest BCUT2D eigenvalue weighted by Gasteiger charge is 2.18. The maximum absolute atomic E-state index is 13.5. The van der Waals surface area contributed by atoms with E-state index in [4.69, 9.17) is 11.6 Å². The van der Waals surface area contributed by atoms with E-state index < -0.39 is 0 Å². The zero-order valence-corrected chi connectivity index (χ0v) is 8.65. The highest BCUT2D eigenvalue weighted by Crippen LogP contribution is 2.27. The molecule has 0 spiro atoms. The molecule has 1 nitrogen and oxygen atoms in total. The van der Waals surface area contributed by atoms with E-state index in [-0.39, 0.29) is 11.7 Å². The maximum atomic E-state index is 13.5. The lowest BCUT2D eigenvalue weighted by molar-refractivity contribution is 0.446. The van der Waals surface area contributed by atoms with Crippen LogP contribution in [-0.2, 0) is 0 Å². The molecular weight excluding hydrogens is 201 g/mol. The van der Waals surface area contributed by atoms with E-state index in [2.05, 4.69) is 5.32 Å². The maximum Gasteiger partial charge on any atom is 0.126 e. The van der Waals surface area contributed by atoms with Crippen LogP contribution in [0.15, 0.2) is 18.2 Å². The first-order valence-electron chi connectivity index (χ1n) is 4.93. The summed E-state index contributed by atoms with van der Waals surface area (Å²) in [6.45, 7) is 1.90. The Labute approximate surface area is 88.3 Å². The zero-order chi connectivity index (χ0) is 9.97. The zero-order valence-electron chi connectivity index (χ0n) is 7.89. The first kappa shape index (κ1) is 9.94. The van der Waals surface area contributed by atoms with Crippen molar-refractivity contribution in [2.45, 2.75) is 18.8 Å². The van der Waals surface area contributed by atoms with Gasteiger partial charge in [-0.05, 0) is 49.1 Å². The topological polar surface area (TPSA) is 12.0 Å². The van der Waals surface area contributed by atoms with Gasteiger partial charge in [-0.25, -0.2) is 4.39 Å². The third kappa shape index (κ3) is 2.07. The van der Waals surface area contributed by atoms with Crippen LogP contribution >= 0.6 is 11.6 Å². The highest BCUT2D eigenvalue weighted by molar-refractivity contribution is 6.30. The fourth-order valence-corrected chi connectivity index (χ4v) is 2.13. The lowest BCUT2D eigenvalue weighted by Crippen LogP contribution is -2.28. The predicted octanol–water partition coefficient (Wildman–Crippen LogP) is 2.95. The quantitative estimate of drug-likeness (QED) is 0.757. The van der Waals surface area contributed by atoms with Gasteiger partial charge < -0.3 is 5.32 Å². The van der Waals surface area contributed by atoms with Gasteiger partial charge in [0.1, 0.15) is 5.82 Å². The Hall–Kier alpha value is -0.600. The lowest BCUT2D eigenvalue weighted by atomic mass is 9.91. The van der Waals surface area contributed by atoms with E-state index in [1.54, 1.807) is 12.1 Å². The van der Waals surface area contributed by atoms with Gasteiger partial charge in [-0.15, -0.1) is 0 Å². The number of halogens is 2. The summed E-state index contributed by atoms with van der Waals surface area (Å²) < 4.78 is 13.5. The van der Waals surface area contributed by atoms with E-state index >= 15 is 0 Å². The minimum atomic E-state index is -0.136. The molecule has 1 atom stereocenters. The van der Waals surface area contributed by atoms with Gasteiger partial charge >= 0.3 is 0 Å². The number of hydrogen-bond donors (Lipinski definition) is 1. The third-order valence-electron chi connectivity index (χ3n) is 2.69. The Balaban J connectivity index is 2.24. The van der Waals surface area contributed by atoms with Crippen LogP contribution in [0.25, 0.3) is 0 Å². The van der Waals surface area contributed by atoms with Gasteiger partial charge in [-0.3, -0.25) is 0 Å². The van der Waals surface area contributed by atoms with Crippen molar-refractivity contribution < 1.29 is 4.39 Å². The molecule has 1 fully saturated rings. The molecule has 0 aliphatic carbocycles. The molecule has 0 amide bonds. The molecule has 1 aliphatic rings. The van der Waals surface area contributed by atoms with Crippen molar-refractivity contribution in [2.75, 3.05) is 13.1 Å². The van der Waals surface area contributed by atoms with Crippen LogP contribution in [0.2, 0.25) is 5.02 Å². The van der Waals surface area contributed by atoms with Gasteiger partial charge in [0.05, 0.1) is 0 Å². The van der Waals surface area contributed by atoms with Crippen LogP contribution in [0.5, 0.6) is 0 Å². The SMILES string of the molecule is Fc1ccc(Cl)cc1C1CCCNC1. The molecule has 0 saturated carbocycles. The predicted molar refractivity (Wildman–Crippen MR) is 56.3 cm³/mol. The smallest absolute Gasteiger partial charge is 0.126 e. The van der Waals surface area contributed by atoms with Crippen molar-refractivity contribution in [2.24, 2.45) is 0 Å². The normalized spacial score (nSPS) is 22.3. The molecule has 1 heterocycles. The van der Waals surface area contributed by atoms with E-state index in [1.165, 1.54) is 6.07 Å². The third-order valence-corrected chi connectivity index (χ3v) is 2.93. The van der Waals surface area contributed by atoms with Gasteiger partial charge in [0, 0.05) is 11.6 Å². The summed E-state index contributed by atoms with van der Waals surface area (Å²) in [5.41, 5.74) is 0.754. The van der Waals surface area contributed by atoms with Gasteiger partial charge in [0.2, 0.25) is 0 Å². The molecule has 1 aromatic rings. The second-order valence-corrected chi connectivity index (χ2v) is 4.15. The van der Waals surface area contributed by atoms with Crippen LogP contribution in [-0.4, -0.2) is 13.1 Å². The highest BCUT2D eigenvalue weighted by atomic mass is 35.5. The summed E-state index contributed by atoms with van der Waals surface area (Å²) >= 11 is 5.85. The van der Waals surface area contributed by atoms with Gasteiger partial charge in [0.15, 0.2) is 0 Å². The van der Waals surface area contributed by atoms with E-state index in [9.17, 15) is 4.39 Å². The standard InChI is InChI=1S/C11H13ClFN/c12-9-3-4-11(13)10(6-9)8-2-1-5-14-7-8/h3-4,6,8,14H,1-2,5,7H2. The second kappa shape index (κ2) is 4.28. The Kier molecular flexibility index (Phi) is 3.04. The Morgan fingerprint density at radius 2 is 2.29 bits per heavy atom. The molecule has 1 unspecified atom stereocenters. The Bertz CT molecular complexity index is 321. The van der Waals surface area contributed by atoms with Crippen LogP contribution in [0, 0.1) is 5.82 Å². The fraction of sp³-hybridized carbons (Fsp3) is 0.455. The van der Waals surface area contributed by atoms with Crippen LogP contribution in [0.3, 0.4) is 0 Å². The van der Waals surface area contributed by atoms with Crippen molar-refractivity contribution in [1.82, 2.24) is 5.32 Å². The number of nitrogens with one attached hydrogen (secondary N) is 1. The monoisotopic (exact) mass is 213 g/mol. The van der Waals surface area contributed by atoms with Crippen LogP contribution in [0.1, 0.15) is 24.3 Å². The van der Waals surface area contributed by atoms with Crippen molar-refractivity contribution in [3.05, 3.63) is 34.6 Å². The van der Waals surface area contributed by atoms with Crippen molar-refractivity contribution in [1.29, 1.82) is 0 Å². The van der Waals surface area contributed by atoms with Crippen molar-refractivity contribution >= 4 is 11.6 Å². The lowest BCUT2D eigenvalue weighted by Gasteiger charge is -2.23. The summed E-state index contributed by atoms with van der Waals surface area (Å²) in [5, 5.41) is 3.89. The summed E-state index contributed by atoms with van der Waals surface area (Å²) in [6, 6.07) is 4.79. The molecule has 1 aromatic carbocycles. The molecule has 1 N–H and O–H groups in total. The van der Waals surface area contributed by atoms with Crippen molar-refractivity contribution in [3.63, 3.8) is 0 Å². The van der Waals surface area contributed by atoms with E-state index in [1.807, 2.05) is 0 Å². The van der Waals surface area contributed by atoms with Gasteiger partial charge in [0.25, 0.3) is 0 Å². The van der Waals surface area contributed by atoms with Crippen molar-refractivity contribution in [3.8, 4) is 0 Å². The molecule has 1 saturated heterocycles. The average Bonchev–Trinajstić information content (AvgIpc) is 2.23. The molecule has 0 radical (unpaired) electrons. The Morgan fingerprint density at radius 3 is 3.00 bits per heavy atom. The molecule has 76 valence electrons. The van der Waals surface area contributed by atoms with Gasteiger partial charge in [-0.1, -0.05) is 11.6 Å². The largest absolute Gasteiger partial charge is 0.316 e. The molecule has 3 heteroatoms. The fourth-order valence-electron chi connectivity index (χ4n) is 1.94. The molecule has 14 heavy (non-hydrogen) atoms. The van der Waals surface area contributed by atoms with E-state index in [0.717, 1.165) is 31.5 Å². The van der Waals surface area contributed by atoms with E-state index in [0.29, 0.717) is 5.02 Å². The first-order chi connectivity index (χ1) is 6.77. The Morgan fingerprint density at radius 1 is 1.43 bits per heavy atom. The molecule has 0 bridgehead atoms. The number of piperidine rings is 1. The number of hydrogen-bond acceptors (Lipinski definition) is 1.